The summed E-state index contributed by atoms with van der Waals surface area (Å²) in [4.78, 5) is 7.82. The second-order valence-electron chi connectivity index (χ2n) is 5.95. The number of para-hydroxylation sites is 1. The minimum atomic E-state index is -4.58. The van der Waals surface area contributed by atoms with Crippen molar-refractivity contribution in [2.45, 2.75) is 30.9 Å². The Morgan fingerprint density at radius 3 is 2.26 bits per heavy atom. The van der Waals surface area contributed by atoms with E-state index in [1.54, 1.807) is 12.1 Å². The molecule has 0 N–H and O–H groups in total. The fraction of sp³-hybridized carbons (Fsp3) is 0.200. The number of rotatable bonds is 5. The maximum absolute atomic E-state index is 13.2. The van der Waals surface area contributed by atoms with Crippen molar-refractivity contribution >= 4 is 11.8 Å². The minimum absolute atomic E-state index is 0.0247. The summed E-state index contributed by atoms with van der Waals surface area (Å²) in [5, 5.41) is 0.0247. The van der Waals surface area contributed by atoms with Crippen LogP contribution in [0.25, 0.3) is 0 Å². The van der Waals surface area contributed by atoms with E-state index in [2.05, 4.69) is 9.97 Å². The van der Waals surface area contributed by atoms with E-state index in [-0.39, 0.29) is 11.0 Å². The van der Waals surface area contributed by atoms with Crippen LogP contribution in [-0.2, 0) is 11.9 Å². The van der Waals surface area contributed by atoms with Crippen molar-refractivity contribution in [1.29, 1.82) is 0 Å². The first-order chi connectivity index (χ1) is 12.8. The molecule has 0 fully saturated rings. The Morgan fingerprint density at radius 2 is 1.59 bits per heavy atom. The number of thioether (sulfide) groups is 1. The van der Waals surface area contributed by atoms with Crippen molar-refractivity contribution < 1.29 is 17.9 Å². The quantitative estimate of drug-likeness (QED) is 0.384. The molecule has 1 aromatic heterocycles. The number of benzene rings is 2. The number of halogens is 3. The number of ether oxygens (including phenoxy) is 1. The molecule has 0 unspecified atom stereocenters. The molecular formula is C20H17F3N2OS. The molecule has 0 spiro atoms. The first-order valence-corrected chi connectivity index (χ1v) is 9.18. The smallest absolute Gasteiger partial charge is 0.433 e. The van der Waals surface area contributed by atoms with Crippen molar-refractivity contribution in [3.8, 4) is 11.6 Å². The van der Waals surface area contributed by atoms with Gasteiger partial charge in [-0.1, -0.05) is 54.2 Å². The molecule has 0 aliphatic rings. The van der Waals surface area contributed by atoms with E-state index in [0.29, 0.717) is 11.5 Å². The topological polar surface area (TPSA) is 35.0 Å². The summed E-state index contributed by atoms with van der Waals surface area (Å²) in [6, 6.07) is 15.6. The van der Waals surface area contributed by atoms with E-state index in [1.165, 1.54) is 0 Å². The van der Waals surface area contributed by atoms with Crippen molar-refractivity contribution in [2.75, 3.05) is 0 Å². The third-order valence-corrected chi connectivity index (χ3v) is 4.79. The van der Waals surface area contributed by atoms with Crippen molar-refractivity contribution in [1.82, 2.24) is 9.97 Å². The second-order valence-corrected chi connectivity index (χ2v) is 6.90. The van der Waals surface area contributed by atoms with Gasteiger partial charge in [0.2, 0.25) is 5.88 Å². The molecule has 7 heteroatoms. The van der Waals surface area contributed by atoms with Gasteiger partial charge in [-0.15, -0.1) is 0 Å². The Hall–Kier alpha value is -2.54. The lowest BCUT2D eigenvalue weighted by Gasteiger charge is -2.12. The van der Waals surface area contributed by atoms with E-state index in [9.17, 15) is 13.2 Å². The lowest BCUT2D eigenvalue weighted by molar-refractivity contribution is -0.141. The number of aromatic nitrogens is 2. The summed E-state index contributed by atoms with van der Waals surface area (Å²) in [7, 11) is 0. The molecule has 3 aromatic rings. The van der Waals surface area contributed by atoms with Crippen molar-refractivity contribution in [2.24, 2.45) is 0 Å². The van der Waals surface area contributed by atoms with Crippen LogP contribution in [0, 0.1) is 13.8 Å². The monoisotopic (exact) mass is 390 g/mol. The largest absolute Gasteiger partial charge is 0.439 e. The summed E-state index contributed by atoms with van der Waals surface area (Å²) < 4.78 is 45.3. The highest BCUT2D eigenvalue weighted by molar-refractivity contribution is 7.98. The number of hydrogen-bond acceptors (Lipinski definition) is 4. The Labute approximate surface area is 159 Å². The van der Waals surface area contributed by atoms with Crippen LogP contribution in [0.5, 0.6) is 11.6 Å². The van der Waals surface area contributed by atoms with Gasteiger partial charge in [-0.25, -0.2) is 4.98 Å². The van der Waals surface area contributed by atoms with E-state index >= 15 is 0 Å². The highest BCUT2D eigenvalue weighted by Gasteiger charge is 2.34. The SMILES string of the molecule is Cc1ccccc1CSc1nc(Oc2ccccc2C)cc(C(F)(F)F)n1. The van der Waals surface area contributed by atoms with Gasteiger partial charge in [0.1, 0.15) is 5.75 Å². The maximum Gasteiger partial charge on any atom is 0.433 e. The number of nitrogens with zero attached hydrogens (tertiary/aromatic N) is 2. The van der Waals surface area contributed by atoms with Gasteiger partial charge >= 0.3 is 6.18 Å². The van der Waals surface area contributed by atoms with E-state index in [0.717, 1.165) is 34.5 Å². The first kappa shape index (κ1) is 19.2. The van der Waals surface area contributed by atoms with Crippen LogP contribution in [0.3, 0.4) is 0 Å². The van der Waals surface area contributed by atoms with Gasteiger partial charge < -0.3 is 4.74 Å². The molecule has 140 valence electrons. The summed E-state index contributed by atoms with van der Waals surface area (Å²) in [6.07, 6.45) is -4.58. The van der Waals surface area contributed by atoms with Gasteiger partial charge in [0, 0.05) is 11.8 Å². The predicted molar refractivity (Wildman–Crippen MR) is 99.0 cm³/mol. The van der Waals surface area contributed by atoms with Gasteiger partial charge in [0.25, 0.3) is 0 Å². The molecule has 2 aromatic carbocycles. The maximum atomic E-state index is 13.2. The fourth-order valence-electron chi connectivity index (χ4n) is 2.36. The molecular weight excluding hydrogens is 373 g/mol. The minimum Gasteiger partial charge on any atom is -0.439 e. The average Bonchev–Trinajstić information content (AvgIpc) is 2.62. The first-order valence-electron chi connectivity index (χ1n) is 8.20. The summed E-state index contributed by atoms with van der Waals surface area (Å²) in [6.45, 7) is 3.77. The molecule has 1 heterocycles. The molecule has 0 aliphatic carbocycles. The molecule has 27 heavy (non-hydrogen) atoms. The van der Waals surface area contributed by atoms with Gasteiger partial charge in [-0.05, 0) is 36.6 Å². The predicted octanol–water partition coefficient (Wildman–Crippen LogP) is 6.20. The molecule has 0 saturated heterocycles. The van der Waals surface area contributed by atoms with Crippen LogP contribution < -0.4 is 4.74 Å². The molecule has 0 amide bonds. The molecule has 0 bridgehead atoms. The number of hydrogen-bond donors (Lipinski definition) is 0. The lowest BCUT2D eigenvalue weighted by atomic mass is 10.1. The fourth-order valence-corrected chi connectivity index (χ4v) is 3.29. The second kappa shape index (κ2) is 8.00. The zero-order valence-electron chi connectivity index (χ0n) is 14.7. The average molecular weight is 390 g/mol. The number of alkyl halides is 3. The molecule has 3 nitrogen and oxygen atoms in total. The van der Waals surface area contributed by atoms with Gasteiger partial charge in [-0.2, -0.15) is 18.2 Å². The van der Waals surface area contributed by atoms with Crippen LogP contribution in [0.15, 0.2) is 59.8 Å². The molecule has 0 atom stereocenters. The number of aryl methyl sites for hydroxylation is 2. The zero-order chi connectivity index (χ0) is 19.4. The van der Waals surface area contributed by atoms with E-state index in [4.69, 9.17) is 4.74 Å². The molecule has 3 rings (SSSR count). The highest BCUT2D eigenvalue weighted by atomic mass is 32.2. The van der Waals surface area contributed by atoms with E-state index < -0.39 is 11.9 Å². The summed E-state index contributed by atoms with van der Waals surface area (Å²) in [5.74, 6) is 0.802. The zero-order valence-corrected chi connectivity index (χ0v) is 15.6. The van der Waals surface area contributed by atoms with Crippen LogP contribution in [-0.4, -0.2) is 9.97 Å². The van der Waals surface area contributed by atoms with Gasteiger partial charge in [0.05, 0.1) is 0 Å². The molecule has 0 saturated carbocycles. The van der Waals surface area contributed by atoms with Crippen molar-refractivity contribution in [3.63, 3.8) is 0 Å². The van der Waals surface area contributed by atoms with Crippen molar-refractivity contribution in [3.05, 3.63) is 77.0 Å². The Morgan fingerprint density at radius 1 is 0.926 bits per heavy atom. The summed E-state index contributed by atoms with van der Waals surface area (Å²) in [5.41, 5.74) is 1.87. The Kier molecular flexibility index (Phi) is 5.70. The van der Waals surface area contributed by atoms with E-state index in [1.807, 2.05) is 50.2 Å². The third-order valence-electron chi connectivity index (χ3n) is 3.90. The molecule has 0 aliphatic heterocycles. The van der Waals surface area contributed by atoms with Crippen LogP contribution in [0.4, 0.5) is 13.2 Å². The Bertz CT molecular complexity index is 945. The van der Waals surface area contributed by atoms with Crippen LogP contribution in [0.2, 0.25) is 0 Å². The normalized spacial score (nSPS) is 11.4. The Balaban J connectivity index is 1.89. The highest BCUT2D eigenvalue weighted by Crippen LogP contribution is 2.33. The third kappa shape index (κ3) is 5.01. The standard InChI is InChI=1S/C20H17F3N2OS/c1-13-7-3-5-9-15(13)12-27-19-24-17(20(21,22)23)11-18(25-19)26-16-10-6-4-8-14(16)2/h3-11H,12H2,1-2H3. The lowest BCUT2D eigenvalue weighted by Crippen LogP contribution is -2.10. The summed E-state index contributed by atoms with van der Waals surface area (Å²) >= 11 is 1.14. The van der Waals surface area contributed by atoms with Crippen LogP contribution >= 0.6 is 11.8 Å². The van der Waals surface area contributed by atoms with Gasteiger partial charge in [-0.3, -0.25) is 0 Å². The van der Waals surface area contributed by atoms with Gasteiger partial charge in [0.15, 0.2) is 10.9 Å². The molecule has 0 radical (unpaired) electrons. The van der Waals surface area contributed by atoms with Crippen LogP contribution in [0.1, 0.15) is 22.4 Å².